The fourth-order valence-corrected chi connectivity index (χ4v) is 5.30. The van der Waals surface area contributed by atoms with Crippen molar-refractivity contribution in [1.82, 2.24) is 0 Å². The Hall–Kier alpha value is -3.84. The van der Waals surface area contributed by atoms with Gasteiger partial charge in [-0.05, 0) is 36.4 Å². The number of quaternary nitrogens is 1. The van der Waals surface area contributed by atoms with Gasteiger partial charge in [0.1, 0.15) is 29.7 Å². The van der Waals surface area contributed by atoms with Crippen molar-refractivity contribution in [1.29, 1.82) is 0 Å². The predicted molar refractivity (Wildman–Crippen MR) is 141 cm³/mol. The van der Waals surface area contributed by atoms with Gasteiger partial charge in [-0.2, -0.15) is 0 Å². The van der Waals surface area contributed by atoms with Gasteiger partial charge in [-0.1, -0.05) is 36.4 Å². The highest BCUT2D eigenvalue weighted by atomic mass is 16.5. The number of nitrogens with one attached hydrogen (secondary N) is 1. The average Bonchev–Trinajstić information content (AvgIpc) is 3.26. The molecule has 1 N–H and O–H groups in total. The number of benzene rings is 3. The zero-order valence-corrected chi connectivity index (χ0v) is 21.3. The van der Waals surface area contributed by atoms with Crippen LogP contribution in [0, 0.1) is 0 Å². The van der Waals surface area contributed by atoms with Gasteiger partial charge in [0, 0.05) is 36.6 Å². The third-order valence-corrected chi connectivity index (χ3v) is 7.12. The van der Waals surface area contributed by atoms with Gasteiger partial charge in [0.25, 0.3) is 0 Å². The van der Waals surface area contributed by atoms with Crippen molar-refractivity contribution in [3.05, 3.63) is 83.9 Å². The van der Waals surface area contributed by atoms with Crippen molar-refractivity contribution >= 4 is 17.6 Å². The van der Waals surface area contributed by atoms with Crippen molar-refractivity contribution in [3.8, 4) is 17.2 Å². The van der Waals surface area contributed by atoms with E-state index in [2.05, 4.69) is 12.4 Å². The third kappa shape index (κ3) is 5.78. The van der Waals surface area contributed by atoms with Gasteiger partial charge >= 0.3 is 5.97 Å². The first-order chi connectivity index (χ1) is 17.9. The molecule has 1 amide bonds. The van der Waals surface area contributed by atoms with Gasteiger partial charge in [-0.3, -0.25) is 9.59 Å². The summed E-state index contributed by atoms with van der Waals surface area (Å²) >= 11 is 0. The summed E-state index contributed by atoms with van der Waals surface area (Å²) < 4.78 is 18.9. The van der Waals surface area contributed by atoms with E-state index in [-0.39, 0.29) is 18.0 Å². The van der Waals surface area contributed by atoms with Crippen LogP contribution in [0.1, 0.15) is 36.8 Å². The van der Waals surface area contributed by atoms with Crippen LogP contribution in [0.2, 0.25) is 0 Å². The Morgan fingerprint density at radius 3 is 2.27 bits per heavy atom. The number of fused-ring (bicyclic) bond motifs is 2. The SMILES string of the molecule is CC(=O)Nc1ccc(OCCC[N+]2(C)CCC(OC(=O)C3c4ccccc4Oc4ccccc43)C2)cc1. The summed E-state index contributed by atoms with van der Waals surface area (Å²) in [5.41, 5.74) is 2.45. The lowest BCUT2D eigenvalue weighted by atomic mass is 9.88. The molecule has 0 spiro atoms. The molecule has 3 aromatic rings. The Balaban J connectivity index is 1.14. The van der Waals surface area contributed by atoms with E-state index in [9.17, 15) is 9.59 Å². The Bertz CT molecular complexity index is 1230. The molecule has 0 saturated carbocycles. The number of para-hydroxylation sites is 2. The van der Waals surface area contributed by atoms with E-state index in [0.717, 1.165) is 59.5 Å². The van der Waals surface area contributed by atoms with Gasteiger partial charge in [-0.25, -0.2) is 0 Å². The Kier molecular flexibility index (Phi) is 7.15. The summed E-state index contributed by atoms with van der Waals surface area (Å²) in [7, 11) is 2.22. The second-order valence-electron chi connectivity index (χ2n) is 10.1. The minimum Gasteiger partial charge on any atom is -0.493 e. The van der Waals surface area contributed by atoms with Crippen molar-refractivity contribution in [2.24, 2.45) is 0 Å². The average molecular weight is 502 g/mol. The summed E-state index contributed by atoms with van der Waals surface area (Å²) in [5, 5.41) is 2.75. The fraction of sp³-hybridized carbons (Fsp3) is 0.333. The molecule has 2 aliphatic heterocycles. The highest BCUT2D eigenvalue weighted by Gasteiger charge is 2.40. The molecule has 5 rings (SSSR count). The van der Waals surface area contributed by atoms with E-state index in [1.165, 1.54) is 6.92 Å². The maximum Gasteiger partial charge on any atom is 0.318 e. The molecule has 2 atom stereocenters. The molecule has 0 aromatic heterocycles. The monoisotopic (exact) mass is 501 g/mol. The zero-order valence-electron chi connectivity index (χ0n) is 21.3. The standard InChI is InChI=1S/C30H32N2O5/c1-21(33)31-22-12-14-23(15-13-22)35-19-7-17-32(2)18-16-24(20-32)36-30(34)29-25-8-3-5-10-27(25)37-28-11-6-4-9-26(28)29/h3-6,8-15,24,29H,7,16-20H2,1-2H3/p+1. The van der Waals surface area contributed by atoms with Gasteiger partial charge in [0.2, 0.25) is 5.91 Å². The first-order valence-corrected chi connectivity index (χ1v) is 12.8. The Morgan fingerprint density at radius 2 is 1.62 bits per heavy atom. The van der Waals surface area contributed by atoms with E-state index >= 15 is 0 Å². The van der Waals surface area contributed by atoms with Gasteiger partial charge < -0.3 is 24.0 Å². The Morgan fingerprint density at radius 1 is 0.973 bits per heavy atom. The molecule has 2 heterocycles. The smallest absolute Gasteiger partial charge is 0.318 e. The molecule has 0 aliphatic carbocycles. The van der Waals surface area contributed by atoms with E-state index in [1.807, 2.05) is 72.8 Å². The molecule has 192 valence electrons. The molecule has 1 fully saturated rings. The lowest BCUT2D eigenvalue weighted by Crippen LogP contribution is -2.44. The summed E-state index contributed by atoms with van der Waals surface area (Å²) in [6.07, 6.45) is 1.63. The molecule has 1 saturated heterocycles. The second kappa shape index (κ2) is 10.6. The maximum absolute atomic E-state index is 13.5. The second-order valence-corrected chi connectivity index (χ2v) is 10.1. The first-order valence-electron chi connectivity index (χ1n) is 12.8. The number of carbonyl (C=O) groups excluding carboxylic acids is 2. The van der Waals surface area contributed by atoms with Crippen molar-refractivity contribution in [3.63, 3.8) is 0 Å². The molecule has 2 aliphatic rings. The lowest BCUT2D eigenvalue weighted by molar-refractivity contribution is -0.899. The number of likely N-dealkylation sites (tertiary alicyclic amines) is 1. The van der Waals surface area contributed by atoms with E-state index in [0.29, 0.717) is 18.1 Å². The van der Waals surface area contributed by atoms with Crippen LogP contribution in [-0.2, 0) is 14.3 Å². The summed E-state index contributed by atoms with van der Waals surface area (Å²) in [5.74, 6) is 1.41. The van der Waals surface area contributed by atoms with Crippen LogP contribution in [0.25, 0.3) is 0 Å². The fourth-order valence-electron chi connectivity index (χ4n) is 5.30. The van der Waals surface area contributed by atoms with E-state index in [4.69, 9.17) is 14.2 Å². The van der Waals surface area contributed by atoms with Crippen molar-refractivity contribution in [2.45, 2.75) is 31.8 Å². The van der Waals surface area contributed by atoms with E-state index in [1.54, 1.807) is 0 Å². The first kappa shape index (κ1) is 24.8. The number of rotatable bonds is 8. The molecule has 37 heavy (non-hydrogen) atoms. The summed E-state index contributed by atoms with van der Waals surface area (Å²) in [4.78, 5) is 24.6. The minimum atomic E-state index is -0.481. The number of nitrogens with zero attached hydrogens (tertiary/aromatic N) is 1. The molecule has 0 radical (unpaired) electrons. The summed E-state index contributed by atoms with van der Waals surface area (Å²) in [6, 6.07) is 22.8. The Labute approximate surface area is 217 Å². The highest BCUT2D eigenvalue weighted by Crippen LogP contribution is 2.44. The number of hydrogen-bond acceptors (Lipinski definition) is 5. The predicted octanol–water partition coefficient (Wildman–Crippen LogP) is 5.11. The van der Waals surface area contributed by atoms with Crippen molar-refractivity contribution < 1.29 is 28.3 Å². The number of hydrogen-bond donors (Lipinski definition) is 1. The van der Waals surface area contributed by atoms with Crippen LogP contribution in [0.3, 0.4) is 0 Å². The number of carbonyl (C=O) groups is 2. The number of esters is 1. The van der Waals surface area contributed by atoms with Crippen LogP contribution in [0.15, 0.2) is 72.8 Å². The maximum atomic E-state index is 13.5. The largest absolute Gasteiger partial charge is 0.493 e. The molecule has 3 aromatic carbocycles. The zero-order chi connectivity index (χ0) is 25.8. The minimum absolute atomic E-state index is 0.0948. The molecule has 2 unspecified atom stereocenters. The van der Waals surface area contributed by atoms with Crippen LogP contribution in [0.5, 0.6) is 17.2 Å². The van der Waals surface area contributed by atoms with E-state index < -0.39 is 5.92 Å². The normalized spacial score (nSPS) is 20.3. The lowest BCUT2D eigenvalue weighted by Gasteiger charge is -2.30. The molecular formula is C30H33N2O5+. The van der Waals surface area contributed by atoms with Crippen LogP contribution >= 0.6 is 0 Å². The molecule has 0 bridgehead atoms. The van der Waals surface area contributed by atoms with Crippen LogP contribution < -0.4 is 14.8 Å². The van der Waals surface area contributed by atoms with Crippen molar-refractivity contribution in [2.75, 3.05) is 38.6 Å². The van der Waals surface area contributed by atoms with Crippen LogP contribution in [-0.4, -0.2) is 55.8 Å². The molecular weight excluding hydrogens is 468 g/mol. The van der Waals surface area contributed by atoms with Crippen LogP contribution in [0.4, 0.5) is 5.69 Å². The number of ether oxygens (including phenoxy) is 3. The number of amides is 1. The molecule has 7 heteroatoms. The highest BCUT2D eigenvalue weighted by molar-refractivity contribution is 5.88. The number of anilines is 1. The summed E-state index contributed by atoms with van der Waals surface area (Å²) in [6.45, 7) is 4.79. The van der Waals surface area contributed by atoms with Gasteiger partial charge in [0.15, 0.2) is 6.10 Å². The number of likely N-dealkylation sites (N-methyl/N-ethyl adjacent to an activating group) is 1. The van der Waals surface area contributed by atoms with Gasteiger partial charge in [-0.15, -0.1) is 0 Å². The topological polar surface area (TPSA) is 73.9 Å². The third-order valence-electron chi connectivity index (χ3n) is 7.12. The van der Waals surface area contributed by atoms with Gasteiger partial charge in [0.05, 0.1) is 26.7 Å². The molecule has 7 nitrogen and oxygen atoms in total. The quantitative estimate of drug-likeness (QED) is 0.264.